The van der Waals surface area contributed by atoms with Gasteiger partial charge in [-0.1, -0.05) is 32.4 Å². The third-order valence-corrected chi connectivity index (χ3v) is 8.37. The molecule has 1 rings (SSSR count). The van der Waals surface area contributed by atoms with Crippen molar-refractivity contribution in [3.63, 3.8) is 0 Å². The van der Waals surface area contributed by atoms with Gasteiger partial charge < -0.3 is 63.2 Å². The lowest BCUT2D eigenvalue weighted by Crippen LogP contribution is -2.61. The number of hydrogen-bond donors (Lipinski definition) is 12. The molecular formula is C34H51N7O14. The summed E-state index contributed by atoms with van der Waals surface area (Å²) in [6.45, 7) is 5.14. The molecule has 8 atom stereocenters. The van der Waals surface area contributed by atoms with Gasteiger partial charge in [0, 0.05) is 19.3 Å². The number of phenolic OH excluding ortho intramolecular Hbond substituents is 1. The minimum atomic E-state index is -1.67. The minimum absolute atomic E-state index is 0.0449. The number of nitrogens with two attached hydrogens (primary N) is 1. The smallest absolute Gasteiger partial charge is 0.326 e. The van der Waals surface area contributed by atoms with Crippen molar-refractivity contribution in [1.82, 2.24) is 31.9 Å². The number of amides is 6. The Hall–Kier alpha value is -5.83. The van der Waals surface area contributed by atoms with Gasteiger partial charge in [0.05, 0.1) is 18.7 Å². The number of carboxylic acid groups (broad SMARTS) is 3. The van der Waals surface area contributed by atoms with E-state index in [1.807, 2.05) is 0 Å². The van der Waals surface area contributed by atoms with Gasteiger partial charge in [-0.2, -0.15) is 0 Å². The third kappa shape index (κ3) is 17.2. The van der Waals surface area contributed by atoms with Gasteiger partial charge in [-0.3, -0.25) is 38.4 Å². The summed E-state index contributed by atoms with van der Waals surface area (Å²) >= 11 is 0. The predicted octanol–water partition coefficient (Wildman–Crippen LogP) is -2.94. The monoisotopic (exact) mass is 781 g/mol. The Morgan fingerprint density at radius 3 is 1.65 bits per heavy atom. The van der Waals surface area contributed by atoms with E-state index < -0.39 is 128 Å². The first-order valence-corrected chi connectivity index (χ1v) is 17.3. The molecule has 0 bridgehead atoms. The van der Waals surface area contributed by atoms with Crippen molar-refractivity contribution in [3.05, 3.63) is 29.8 Å². The normalized spacial score (nSPS) is 15.2. The summed E-state index contributed by atoms with van der Waals surface area (Å²) in [6.07, 6.45) is -3.51. The van der Waals surface area contributed by atoms with E-state index in [9.17, 15) is 68.7 Å². The molecule has 55 heavy (non-hydrogen) atoms. The van der Waals surface area contributed by atoms with E-state index in [-0.39, 0.29) is 18.1 Å². The van der Waals surface area contributed by atoms with Crippen LogP contribution in [-0.4, -0.2) is 128 Å². The second kappa shape index (κ2) is 23.1. The molecule has 0 saturated carbocycles. The fourth-order valence-electron chi connectivity index (χ4n) is 4.79. The summed E-state index contributed by atoms with van der Waals surface area (Å²) in [7, 11) is 0. The Bertz CT molecular complexity index is 1540. The lowest BCUT2D eigenvalue weighted by atomic mass is 9.98. The zero-order valence-corrected chi connectivity index (χ0v) is 30.9. The summed E-state index contributed by atoms with van der Waals surface area (Å²) in [6, 6.07) is -3.19. The number of nitrogens with one attached hydrogen (secondary N) is 6. The van der Waals surface area contributed by atoms with Crippen LogP contribution in [0, 0.1) is 5.92 Å². The van der Waals surface area contributed by atoms with Gasteiger partial charge in [0.15, 0.2) is 0 Å². The number of carbonyl (C=O) groups excluding carboxylic acids is 6. The van der Waals surface area contributed by atoms with Crippen LogP contribution in [0.3, 0.4) is 0 Å². The number of hydrogen-bond acceptors (Lipinski definition) is 12. The molecule has 21 heteroatoms. The van der Waals surface area contributed by atoms with Crippen LogP contribution in [0.1, 0.15) is 65.4 Å². The summed E-state index contributed by atoms with van der Waals surface area (Å²) in [5, 5.41) is 61.1. The Labute approximate surface area is 316 Å². The van der Waals surface area contributed by atoms with Gasteiger partial charge in [-0.25, -0.2) is 4.79 Å². The Morgan fingerprint density at radius 1 is 0.673 bits per heavy atom. The van der Waals surface area contributed by atoms with Crippen molar-refractivity contribution < 1.29 is 68.7 Å². The van der Waals surface area contributed by atoms with E-state index in [4.69, 9.17) is 5.73 Å². The topological polar surface area (TPSA) is 353 Å². The number of aromatic hydroxyl groups is 1. The zero-order valence-electron chi connectivity index (χ0n) is 30.9. The Morgan fingerprint density at radius 2 is 1.18 bits per heavy atom. The number of benzene rings is 1. The van der Waals surface area contributed by atoms with Crippen LogP contribution in [0.5, 0.6) is 5.75 Å². The number of carboxylic acids is 3. The molecule has 0 saturated heterocycles. The molecule has 1 aromatic rings. The first-order valence-electron chi connectivity index (χ1n) is 17.3. The fraction of sp³-hybridized carbons (Fsp3) is 0.559. The van der Waals surface area contributed by atoms with Gasteiger partial charge >= 0.3 is 17.9 Å². The lowest BCUT2D eigenvalue weighted by molar-refractivity contribution is -0.142. The number of carbonyl (C=O) groups is 9. The van der Waals surface area contributed by atoms with Gasteiger partial charge in [0.2, 0.25) is 35.4 Å². The summed E-state index contributed by atoms with van der Waals surface area (Å²) in [5.41, 5.74) is 6.41. The summed E-state index contributed by atoms with van der Waals surface area (Å²) in [5.74, 6) is -10.3. The highest BCUT2D eigenvalue weighted by Crippen LogP contribution is 2.12. The highest BCUT2D eigenvalue weighted by molar-refractivity contribution is 5.97. The molecule has 0 heterocycles. The SMILES string of the molecule is CC[C@H](C)[C@H](N)C(=O)N[C@H](C(=O)N[C@@H](CCC(=O)O)C(=O)N[C@@H](CCC(=O)O)C(=O)N[C@@H](C)C(=O)NCC(=O)N[C@@H](Cc1ccc(O)cc1)C(=O)O)[C@@H](C)O. The molecule has 0 spiro atoms. The second-order valence-electron chi connectivity index (χ2n) is 12.9. The maximum absolute atomic E-state index is 13.4. The molecule has 0 aliphatic heterocycles. The molecule has 6 amide bonds. The van der Waals surface area contributed by atoms with Crippen LogP contribution in [-0.2, 0) is 49.6 Å². The van der Waals surface area contributed by atoms with E-state index >= 15 is 0 Å². The van der Waals surface area contributed by atoms with E-state index in [0.29, 0.717) is 12.0 Å². The zero-order chi connectivity index (χ0) is 42.0. The van der Waals surface area contributed by atoms with Gasteiger partial charge in [0.1, 0.15) is 36.0 Å². The standard InChI is InChI=1S/C34H51N7O14/c1-5-16(2)27(35)32(52)41-28(18(4)42)33(53)40-22(11-13-26(47)48)31(51)39-21(10-12-25(45)46)30(50)37-17(3)29(49)36-15-24(44)38-23(34(54)55)14-19-6-8-20(43)9-7-19/h6-9,16-18,21-23,27-28,42-43H,5,10-15,35H2,1-4H3,(H,36,49)(H,37,50)(H,38,44)(H,39,51)(H,40,53)(H,41,52)(H,45,46)(H,47,48)(H,54,55)/t16-,17-,18+,21-,22-,23-,27-,28-/m0/s1. The molecule has 13 N–H and O–H groups in total. The maximum atomic E-state index is 13.4. The predicted molar refractivity (Wildman–Crippen MR) is 191 cm³/mol. The lowest BCUT2D eigenvalue weighted by Gasteiger charge is -2.27. The van der Waals surface area contributed by atoms with Crippen LogP contribution in [0.15, 0.2) is 24.3 Å². The summed E-state index contributed by atoms with van der Waals surface area (Å²) in [4.78, 5) is 112. The fourth-order valence-corrected chi connectivity index (χ4v) is 4.79. The average molecular weight is 782 g/mol. The van der Waals surface area contributed by atoms with Crippen molar-refractivity contribution in [2.75, 3.05) is 6.54 Å². The molecule has 0 aromatic heterocycles. The van der Waals surface area contributed by atoms with Crippen LogP contribution in [0.2, 0.25) is 0 Å². The molecule has 0 unspecified atom stereocenters. The minimum Gasteiger partial charge on any atom is -0.508 e. The highest BCUT2D eigenvalue weighted by Gasteiger charge is 2.34. The van der Waals surface area contributed by atoms with Crippen molar-refractivity contribution in [1.29, 1.82) is 0 Å². The van der Waals surface area contributed by atoms with Crippen LogP contribution < -0.4 is 37.6 Å². The number of aliphatic hydroxyl groups excluding tert-OH is 1. The highest BCUT2D eigenvalue weighted by atomic mass is 16.4. The first-order chi connectivity index (χ1) is 25.7. The second-order valence-corrected chi connectivity index (χ2v) is 12.9. The van der Waals surface area contributed by atoms with E-state index in [1.165, 1.54) is 38.1 Å². The van der Waals surface area contributed by atoms with Crippen LogP contribution in [0.4, 0.5) is 0 Å². The Kier molecular flexibility index (Phi) is 19.8. The quantitative estimate of drug-likeness (QED) is 0.0499. The van der Waals surface area contributed by atoms with Crippen LogP contribution in [0.25, 0.3) is 0 Å². The van der Waals surface area contributed by atoms with Gasteiger partial charge in [0.25, 0.3) is 0 Å². The third-order valence-electron chi connectivity index (χ3n) is 8.37. The number of aliphatic carboxylic acids is 3. The van der Waals surface area contributed by atoms with E-state index in [2.05, 4.69) is 31.9 Å². The van der Waals surface area contributed by atoms with Crippen molar-refractivity contribution in [2.24, 2.45) is 11.7 Å². The molecule has 0 radical (unpaired) electrons. The van der Waals surface area contributed by atoms with E-state index in [0.717, 1.165) is 0 Å². The number of aliphatic hydroxyl groups is 1. The molecule has 1 aromatic carbocycles. The van der Waals surface area contributed by atoms with Gasteiger partial charge in [-0.15, -0.1) is 0 Å². The van der Waals surface area contributed by atoms with Gasteiger partial charge in [-0.05, 0) is 50.3 Å². The Balaban J connectivity index is 3.02. The van der Waals surface area contributed by atoms with Crippen molar-refractivity contribution in [3.8, 4) is 5.75 Å². The summed E-state index contributed by atoms with van der Waals surface area (Å²) < 4.78 is 0. The van der Waals surface area contributed by atoms with Crippen molar-refractivity contribution >= 4 is 53.4 Å². The van der Waals surface area contributed by atoms with E-state index in [1.54, 1.807) is 13.8 Å². The first kappa shape index (κ1) is 47.2. The molecule has 21 nitrogen and oxygen atoms in total. The molecule has 306 valence electrons. The van der Waals surface area contributed by atoms with Crippen molar-refractivity contribution in [2.45, 2.75) is 109 Å². The molecule has 0 fully saturated rings. The number of rotatable bonds is 24. The number of phenols is 1. The van der Waals surface area contributed by atoms with Crippen LogP contribution >= 0.6 is 0 Å². The largest absolute Gasteiger partial charge is 0.508 e. The molecular weight excluding hydrogens is 730 g/mol. The average Bonchev–Trinajstić information content (AvgIpc) is 3.11. The molecule has 0 aliphatic rings. The maximum Gasteiger partial charge on any atom is 0.326 e. The molecule has 0 aliphatic carbocycles.